The fourth-order valence-electron chi connectivity index (χ4n) is 2.68. The normalized spacial score (nSPS) is 14.2. The van der Waals surface area contributed by atoms with Crippen LogP contribution in [0.1, 0.15) is 15.9 Å². The molecule has 1 fully saturated rings. The van der Waals surface area contributed by atoms with Crippen LogP contribution < -0.4 is 15.5 Å². The molecule has 3 rings (SSSR count). The van der Waals surface area contributed by atoms with Crippen molar-refractivity contribution in [2.24, 2.45) is 0 Å². The lowest BCUT2D eigenvalue weighted by molar-refractivity contribution is -0.120. The third-order valence-corrected chi connectivity index (χ3v) is 3.93. The van der Waals surface area contributed by atoms with Gasteiger partial charge in [-0.1, -0.05) is 12.1 Å². The first-order chi connectivity index (χ1) is 12.0. The van der Waals surface area contributed by atoms with Gasteiger partial charge in [0.1, 0.15) is 11.6 Å². The summed E-state index contributed by atoms with van der Waals surface area (Å²) in [5, 5.41) is 5.31. The minimum Gasteiger partial charge on any atom is -0.358 e. The number of piperazine rings is 1. The number of anilines is 1. The van der Waals surface area contributed by atoms with Gasteiger partial charge in [-0.05, 0) is 35.9 Å². The van der Waals surface area contributed by atoms with Gasteiger partial charge in [-0.15, -0.1) is 0 Å². The van der Waals surface area contributed by atoms with Crippen molar-refractivity contribution in [1.82, 2.24) is 10.6 Å². The Balaban J connectivity index is 1.65. The van der Waals surface area contributed by atoms with Crippen molar-refractivity contribution in [3.63, 3.8) is 0 Å². The predicted octanol–water partition coefficient (Wildman–Crippen LogP) is 1.83. The van der Waals surface area contributed by atoms with Crippen LogP contribution in [0.25, 0.3) is 0 Å². The first-order valence-electron chi connectivity index (χ1n) is 7.87. The monoisotopic (exact) mass is 345 g/mol. The van der Waals surface area contributed by atoms with Gasteiger partial charge in [-0.3, -0.25) is 9.59 Å². The van der Waals surface area contributed by atoms with Crippen LogP contribution in [0.3, 0.4) is 0 Å². The molecule has 130 valence electrons. The maximum Gasteiger partial charge on any atom is 0.251 e. The van der Waals surface area contributed by atoms with Crippen LogP contribution in [0, 0.1) is 11.6 Å². The molecule has 25 heavy (non-hydrogen) atoms. The number of carbonyl (C=O) groups is 2. The molecule has 1 aliphatic heterocycles. The lowest BCUT2D eigenvalue weighted by Gasteiger charge is -2.29. The Labute approximate surface area is 143 Å². The molecule has 5 nitrogen and oxygen atoms in total. The quantitative estimate of drug-likeness (QED) is 0.889. The Morgan fingerprint density at radius 2 is 2.04 bits per heavy atom. The minimum atomic E-state index is -0.492. The number of rotatable bonds is 4. The summed E-state index contributed by atoms with van der Waals surface area (Å²) in [6.07, 6.45) is 0. The number of amides is 2. The summed E-state index contributed by atoms with van der Waals surface area (Å²) in [5.41, 5.74) is 1.14. The van der Waals surface area contributed by atoms with E-state index in [0.29, 0.717) is 24.3 Å². The third-order valence-electron chi connectivity index (χ3n) is 3.93. The van der Waals surface area contributed by atoms with Crippen molar-refractivity contribution in [3.8, 4) is 0 Å². The van der Waals surface area contributed by atoms with Gasteiger partial charge in [0.05, 0.1) is 12.2 Å². The SMILES string of the molecule is O=C1CN(c2ccc(CNC(=O)c3cccc(F)c3)cc2F)CCN1. The summed E-state index contributed by atoms with van der Waals surface area (Å²) in [6, 6.07) is 9.96. The van der Waals surface area contributed by atoms with E-state index in [1.165, 1.54) is 24.3 Å². The van der Waals surface area contributed by atoms with Gasteiger partial charge in [0.25, 0.3) is 5.91 Å². The number of hydrogen-bond donors (Lipinski definition) is 2. The number of hydrogen-bond acceptors (Lipinski definition) is 3. The number of halogens is 2. The molecular formula is C18H17F2N3O2. The van der Waals surface area contributed by atoms with Gasteiger partial charge in [-0.25, -0.2) is 8.78 Å². The molecule has 2 aromatic rings. The van der Waals surface area contributed by atoms with E-state index in [4.69, 9.17) is 0 Å². The van der Waals surface area contributed by atoms with E-state index < -0.39 is 17.5 Å². The second-order valence-corrected chi connectivity index (χ2v) is 5.75. The first-order valence-corrected chi connectivity index (χ1v) is 7.87. The predicted molar refractivity (Wildman–Crippen MR) is 89.2 cm³/mol. The number of nitrogens with zero attached hydrogens (tertiary/aromatic N) is 1. The highest BCUT2D eigenvalue weighted by atomic mass is 19.1. The van der Waals surface area contributed by atoms with Crippen LogP contribution in [-0.4, -0.2) is 31.4 Å². The summed E-state index contributed by atoms with van der Waals surface area (Å²) in [6.45, 7) is 1.25. The van der Waals surface area contributed by atoms with Crippen molar-refractivity contribution >= 4 is 17.5 Å². The molecule has 7 heteroatoms. The first kappa shape index (κ1) is 16.9. The van der Waals surface area contributed by atoms with Crippen LogP contribution >= 0.6 is 0 Å². The van der Waals surface area contributed by atoms with Crippen LogP contribution in [0.2, 0.25) is 0 Å². The van der Waals surface area contributed by atoms with E-state index in [1.807, 2.05) is 0 Å². The molecule has 2 aromatic carbocycles. The Bertz CT molecular complexity index is 811. The number of benzene rings is 2. The van der Waals surface area contributed by atoms with Crippen molar-refractivity contribution in [1.29, 1.82) is 0 Å². The molecule has 1 heterocycles. The number of nitrogens with one attached hydrogen (secondary N) is 2. The largest absolute Gasteiger partial charge is 0.358 e. The average molecular weight is 345 g/mol. The fraction of sp³-hybridized carbons (Fsp3) is 0.222. The molecule has 0 aromatic heterocycles. The highest BCUT2D eigenvalue weighted by molar-refractivity contribution is 5.94. The van der Waals surface area contributed by atoms with Crippen LogP contribution in [0.5, 0.6) is 0 Å². The minimum absolute atomic E-state index is 0.118. The molecule has 0 saturated carbocycles. The Morgan fingerprint density at radius 3 is 2.76 bits per heavy atom. The molecule has 0 unspecified atom stereocenters. The molecule has 0 radical (unpaired) electrons. The van der Waals surface area contributed by atoms with Gasteiger partial charge >= 0.3 is 0 Å². The molecule has 0 spiro atoms. The maximum absolute atomic E-state index is 14.3. The van der Waals surface area contributed by atoms with Gasteiger partial charge in [0, 0.05) is 25.2 Å². The zero-order valence-corrected chi connectivity index (χ0v) is 13.4. The molecule has 1 aliphatic rings. The van der Waals surface area contributed by atoms with Gasteiger partial charge in [-0.2, -0.15) is 0 Å². The van der Waals surface area contributed by atoms with E-state index in [0.717, 1.165) is 6.07 Å². The van der Waals surface area contributed by atoms with E-state index in [-0.39, 0.29) is 24.6 Å². The Morgan fingerprint density at radius 1 is 1.20 bits per heavy atom. The summed E-state index contributed by atoms with van der Waals surface area (Å²) < 4.78 is 27.5. The molecule has 1 saturated heterocycles. The van der Waals surface area contributed by atoms with Crippen LogP contribution in [-0.2, 0) is 11.3 Å². The van der Waals surface area contributed by atoms with Crippen LogP contribution in [0.4, 0.5) is 14.5 Å². The second-order valence-electron chi connectivity index (χ2n) is 5.75. The highest BCUT2D eigenvalue weighted by Gasteiger charge is 2.19. The molecule has 0 atom stereocenters. The molecular weight excluding hydrogens is 328 g/mol. The van der Waals surface area contributed by atoms with E-state index in [1.54, 1.807) is 17.0 Å². The smallest absolute Gasteiger partial charge is 0.251 e. The third kappa shape index (κ3) is 4.12. The number of carbonyl (C=O) groups excluding carboxylic acids is 2. The molecule has 0 bridgehead atoms. The summed E-state index contributed by atoms with van der Waals surface area (Å²) >= 11 is 0. The topological polar surface area (TPSA) is 61.4 Å². The van der Waals surface area contributed by atoms with Crippen LogP contribution in [0.15, 0.2) is 42.5 Å². The zero-order chi connectivity index (χ0) is 17.8. The van der Waals surface area contributed by atoms with E-state index >= 15 is 0 Å². The molecule has 0 aliphatic carbocycles. The van der Waals surface area contributed by atoms with E-state index in [2.05, 4.69) is 10.6 Å². The summed E-state index contributed by atoms with van der Waals surface area (Å²) in [5.74, 6) is -1.52. The Kier molecular flexibility index (Phi) is 4.92. The standard InChI is InChI=1S/C18H17F2N3O2/c19-14-3-1-2-13(9-14)18(25)22-10-12-4-5-16(15(20)8-12)23-7-6-21-17(24)11-23/h1-5,8-9H,6-7,10-11H2,(H,21,24)(H,22,25). The van der Waals surface area contributed by atoms with Crippen molar-refractivity contribution < 1.29 is 18.4 Å². The van der Waals surface area contributed by atoms with Crippen molar-refractivity contribution in [2.45, 2.75) is 6.54 Å². The lowest BCUT2D eigenvalue weighted by Crippen LogP contribution is -2.48. The molecule has 2 N–H and O–H groups in total. The lowest BCUT2D eigenvalue weighted by atomic mass is 10.1. The van der Waals surface area contributed by atoms with E-state index in [9.17, 15) is 18.4 Å². The maximum atomic E-state index is 14.3. The van der Waals surface area contributed by atoms with Gasteiger partial charge in [0.15, 0.2) is 0 Å². The van der Waals surface area contributed by atoms with Crippen molar-refractivity contribution in [2.75, 3.05) is 24.5 Å². The average Bonchev–Trinajstić information content (AvgIpc) is 2.59. The van der Waals surface area contributed by atoms with Gasteiger partial charge in [0.2, 0.25) is 5.91 Å². The van der Waals surface area contributed by atoms with Crippen molar-refractivity contribution in [3.05, 3.63) is 65.2 Å². The summed E-state index contributed by atoms with van der Waals surface area (Å²) in [7, 11) is 0. The fourth-order valence-corrected chi connectivity index (χ4v) is 2.68. The highest BCUT2D eigenvalue weighted by Crippen LogP contribution is 2.21. The summed E-state index contributed by atoms with van der Waals surface area (Å²) in [4.78, 5) is 25.1. The Hall–Kier alpha value is -2.96. The molecule has 2 amide bonds. The van der Waals surface area contributed by atoms with Gasteiger partial charge < -0.3 is 15.5 Å². The zero-order valence-electron chi connectivity index (χ0n) is 13.4. The second kappa shape index (κ2) is 7.29.